The second-order valence-corrected chi connectivity index (χ2v) is 9.38. The Hall–Kier alpha value is -3.55. The summed E-state index contributed by atoms with van der Waals surface area (Å²) in [5.74, 6) is -0.264. The second-order valence-electron chi connectivity index (χ2n) is 8.56. The Labute approximate surface area is 219 Å². The van der Waals surface area contributed by atoms with Crippen LogP contribution in [0.25, 0.3) is 11.1 Å². The van der Waals surface area contributed by atoms with Crippen LogP contribution in [-0.2, 0) is 14.4 Å². The van der Waals surface area contributed by atoms with E-state index in [-0.39, 0.29) is 41.9 Å². The van der Waals surface area contributed by atoms with Gasteiger partial charge < -0.3 is 15.0 Å². The maximum atomic E-state index is 13.1. The van der Waals surface area contributed by atoms with Crippen LogP contribution in [0.15, 0.2) is 60.7 Å². The molecule has 0 saturated carbocycles. The Balaban J connectivity index is 1.45. The molecule has 0 aromatic heterocycles. The summed E-state index contributed by atoms with van der Waals surface area (Å²) in [6, 6.07) is 18.4. The third kappa shape index (κ3) is 5.48. The van der Waals surface area contributed by atoms with E-state index in [4.69, 9.17) is 27.9 Å². The summed E-state index contributed by atoms with van der Waals surface area (Å²) in [6.07, 6.45) is 0. The number of rotatable bonds is 6. The lowest BCUT2D eigenvalue weighted by Crippen LogP contribution is -2.46. The standard InChI is InChI=1S/C27H25Cl2N3O4/c1-16(18-4-6-19(7-5-18)20-8-10-21(11-9-20)30-17(2)33)31(3)26(34)14-32-24-12-22(28)23(29)13-25(24)36-15-27(32)35/h4-13,16H,14-15H2,1-3H3,(H,30,33). The fourth-order valence-corrected chi connectivity index (χ4v) is 4.27. The van der Waals surface area contributed by atoms with Gasteiger partial charge in [0, 0.05) is 25.7 Å². The molecule has 0 saturated heterocycles. The predicted octanol–water partition coefficient (Wildman–Crippen LogP) is 5.56. The Kier molecular flexibility index (Phi) is 7.52. The molecule has 3 aromatic rings. The first-order valence-corrected chi connectivity index (χ1v) is 12.1. The Morgan fingerprint density at radius 3 is 2.22 bits per heavy atom. The van der Waals surface area contributed by atoms with E-state index in [1.807, 2.05) is 55.5 Å². The number of benzene rings is 3. The lowest BCUT2D eigenvalue weighted by atomic mass is 10.0. The van der Waals surface area contributed by atoms with Gasteiger partial charge in [-0.3, -0.25) is 19.3 Å². The predicted molar refractivity (Wildman–Crippen MR) is 142 cm³/mol. The number of nitrogens with one attached hydrogen (secondary N) is 1. The average Bonchev–Trinajstić information content (AvgIpc) is 2.86. The molecule has 1 aliphatic rings. The first-order chi connectivity index (χ1) is 17.1. The summed E-state index contributed by atoms with van der Waals surface area (Å²) in [4.78, 5) is 39.9. The first kappa shape index (κ1) is 25.5. The van der Waals surface area contributed by atoms with Crippen molar-refractivity contribution in [2.24, 2.45) is 0 Å². The molecule has 1 unspecified atom stereocenters. The zero-order valence-corrected chi connectivity index (χ0v) is 21.6. The summed E-state index contributed by atoms with van der Waals surface area (Å²) in [7, 11) is 1.71. The molecule has 186 valence electrons. The normalized spacial score (nSPS) is 13.5. The number of ether oxygens (including phenoxy) is 1. The smallest absolute Gasteiger partial charge is 0.265 e. The van der Waals surface area contributed by atoms with Gasteiger partial charge >= 0.3 is 0 Å². The van der Waals surface area contributed by atoms with Crippen LogP contribution in [0.1, 0.15) is 25.5 Å². The van der Waals surface area contributed by atoms with Gasteiger partial charge in [-0.2, -0.15) is 0 Å². The number of fused-ring (bicyclic) bond motifs is 1. The van der Waals surface area contributed by atoms with Crippen LogP contribution in [0.3, 0.4) is 0 Å². The van der Waals surface area contributed by atoms with Crippen LogP contribution in [-0.4, -0.2) is 42.8 Å². The molecular weight excluding hydrogens is 501 g/mol. The van der Waals surface area contributed by atoms with E-state index in [9.17, 15) is 14.4 Å². The summed E-state index contributed by atoms with van der Waals surface area (Å²) >= 11 is 12.2. The van der Waals surface area contributed by atoms with Crippen LogP contribution < -0.4 is 15.0 Å². The molecule has 0 spiro atoms. The monoisotopic (exact) mass is 525 g/mol. The van der Waals surface area contributed by atoms with E-state index in [0.717, 1.165) is 22.4 Å². The van der Waals surface area contributed by atoms with Gasteiger partial charge in [0.1, 0.15) is 12.3 Å². The van der Waals surface area contributed by atoms with E-state index in [0.29, 0.717) is 16.5 Å². The van der Waals surface area contributed by atoms with Gasteiger partial charge in [0.25, 0.3) is 5.91 Å². The van der Waals surface area contributed by atoms with Crippen LogP contribution in [0, 0.1) is 0 Å². The Morgan fingerprint density at radius 1 is 1.03 bits per heavy atom. The van der Waals surface area contributed by atoms with Gasteiger partial charge in [-0.05, 0) is 41.8 Å². The minimum Gasteiger partial charge on any atom is -0.482 e. The third-order valence-corrected chi connectivity index (χ3v) is 6.87. The number of hydrogen-bond acceptors (Lipinski definition) is 4. The minimum absolute atomic E-state index is 0.116. The number of halogens is 2. The van der Waals surface area contributed by atoms with Crippen LogP contribution in [0.2, 0.25) is 10.0 Å². The van der Waals surface area contributed by atoms with Gasteiger partial charge in [0.2, 0.25) is 11.8 Å². The van der Waals surface area contributed by atoms with E-state index >= 15 is 0 Å². The number of carbonyl (C=O) groups is 3. The maximum Gasteiger partial charge on any atom is 0.265 e. The minimum atomic E-state index is -0.329. The van der Waals surface area contributed by atoms with Gasteiger partial charge in [0.15, 0.2) is 6.61 Å². The maximum absolute atomic E-state index is 13.1. The van der Waals surface area contributed by atoms with Crippen molar-refractivity contribution in [2.75, 3.05) is 30.4 Å². The summed E-state index contributed by atoms with van der Waals surface area (Å²) < 4.78 is 5.45. The molecule has 36 heavy (non-hydrogen) atoms. The summed E-state index contributed by atoms with van der Waals surface area (Å²) in [5, 5.41) is 3.34. The van der Waals surface area contributed by atoms with Crippen molar-refractivity contribution in [1.29, 1.82) is 0 Å². The van der Waals surface area contributed by atoms with Crippen LogP contribution in [0.5, 0.6) is 5.75 Å². The van der Waals surface area contributed by atoms with Crippen LogP contribution in [0.4, 0.5) is 11.4 Å². The molecule has 4 rings (SSSR count). The molecule has 3 aromatic carbocycles. The molecule has 1 atom stereocenters. The van der Waals surface area contributed by atoms with Crippen molar-refractivity contribution in [3.63, 3.8) is 0 Å². The molecule has 0 radical (unpaired) electrons. The van der Waals surface area contributed by atoms with E-state index in [1.54, 1.807) is 18.0 Å². The van der Waals surface area contributed by atoms with E-state index < -0.39 is 0 Å². The number of likely N-dealkylation sites (N-methyl/N-ethyl adjacent to an activating group) is 1. The molecule has 0 fully saturated rings. The number of carbonyl (C=O) groups excluding carboxylic acids is 3. The Morgan fingerprint density at radius 2 is 1.61 bits per heavy atom. The van der Waals surface area contributed by atoms with Gasteiger partial charge in [-0.25, -0.2) is 0 Å². The largest absolute Gasteiger partial charge is 0.482 e. The highest BCUT2D eigenvalue weighted by Crippen LogP contribution is 2.39. The van der Waals surface area contributed by atoms with Gasteiger partial charge in [0.05, 0.1) is 21.8 Å². The van der Waals surface area contributed by atoms with Crippen molar-refractivity contribution in [3.05, 3.63) is 76.3 Å². The van der Waals surface area contributed by atoms with E-state index in [2.05, 4.69) is 5.32 Å². The van der Waals surface area contributed by atoms with E-state index in [1.165, 1.54) is 17.9 Å². The van der Waals surface area contributed by atoms with Gasteiger partial charge in [-0.15, -0.1) is 0 Å². The fraction of sp³-hybridized carbons (Fsp3) is 0.222. The van der Waals surface area contributed by atoms with Crippen molar-refractivity contribution in [1.82, 2.24) is 4.90 Å². The molecule has 1 heterocycles. The summed E-state index contributed by atoms with van der Waals surface area (Å²) in [5.41, 5.74) is 4.14. The quantitative estimate of drug-likeness (QED) is 0.456. The molecule has 0 bridgehead atoms. The number of nitrogens with zero attached hydrogens (tertiary/aromatic N) is 2. The highest BCUT2D eigenvalue weighted by atomic mass is 35.5. The number of anilines is 2. The van der Waals surface area contributed by atoms with Crippen molar-refractivity contribution in [3.8, 4) is 16.9 Å². The molecule has 9 heteroatoms. The molecule has 0 aliphatic carbocycles. The summed E-state index contributed by atoms with van der Waals surface area (Å²) in [6.45, 7) is 3.08. The average molecular weight is 526 g/mol. The highest BCUT2D eigenvalue weighted by Gasteiger charge is 2.30. The lowest BCUT2D eigenvalue weighted by Gasteiger charge is -2.32. The third-order valence-electron chi connectivity index (χ3n) is 6.14. The zero-order valence-electron chi connectivity index (χ0n) is 20.0. The van der Waals surface area contributed by atoms with Gasteiger partial charge in [-0.1, -0.05) is 59.6 Å². The molecule has 1 N–H and O–H groups in total. The molecule has 1 aliphatic heterocycles. The molecular formula is C27H25Cl2N3O4. The SMILES string of the molecule is CC(=O)Nc1ccc(-c2ccc(C(C)N(C)C(=O)CN3C(=O)COc4cc(Cl)c(Cl)cc43)cc2)cc1. The van der Waals surface area contributed by atoms with Crippen molar-refractivity contribution < 1.29 is 19.1 Å². The zero-order chi connectivity index (χ0) is 26.0. The second kappa shape index (κ2) is 10.6. The van der Waals surface area contributed by atoms with Crippen LogP contribution >= 0.6 is 23.2 Å². The number of amides is 3. The number of hydrogen-bond donors (Lipinski definition) is 1. The Bertz CT molecular complexity index is 1310. The molecule has 7 nitrogen and oxygen atoms in total. The molecule has 3 amide bonds. The topological polar surface area (TPSA) is 79.0 Å². The van der Waals surface area contributed by atoms with Crippen molar-refractivity contribution >= 4 is 52.3 Å². The highest BCUT2D eigenvalue weighted by molar-refractivity contribution is 6.42. The fourth-order valence-electron chi connectivity index (χ4n) is 3.96. The van der Waals surface area contributed by atoms with Crippen molar-refractivity contribution in [2.45, 2.75) is 19.9 Å². The first-order valence-electron chi connectivity index (χ1n) is 11.3. The lowest BCUT2D eigenvalue weighted by molar-refractivity contribution is -0.132.